The molecule has 2 aromatic heterocycles. The Balaban J connectivity index is 1.55. The van der Waals surface area contributed by atoms with Gasteiger partial charge in [0.1, 0.15) is 17.7 Å². The molecule has 3 heterocycles. The molecule has 0 saturated carbocycles. The lowest BCUT2D eigenvalue weighted by Crippen LogP contribution is -2.43. The molecule has 0 N–H and O–H groups in total. The molecule has 4 rings (SSSR count). The van der Waals surface area contributed by atoms with E-state index < -0.39 is 6.10 Å². The number of halogens is 1. The van der Waals surface area contributed by atoms with Gasteiger partial charge in [0, 0.05) is 24.2 Å². The van der Waals surface area contributed by atoms with Crippen molar-refractivity contribution in [3.8, 4) is 11.3 Å². The Labute approximate surface area is 179 Å². The van der Waals surface area contributed by atoms with E-state index in [2.05, 4.69) is 15.1 Å². The molecule has 0 bridgehead atoms. The zero-order valence-corrected chi connectivity index (χ0v) is 17.7. The summed E-state index contributed by atoms with van der Waals surface area (Å²) in [5.41, 5.74) is 2.43. The van der Waals surface area contributed by atoms with Crippen molar-refractivity contribution >= 4 is 5.91 Å². The summed E-state index contributed by atoms with van der Waals surface area (Å²) in [6.45, 7) is 3.43. The predicted octanol–water partition coefficient (Wildman–Crippen LogP) is 2.85. The maximum Gasteiger partial charge on any atom is 0.276 e. The van der Waals surface area contributed by atoms with Gasteiger partial charge in [0.05, 0.1) is 36.9 Å². The van der Waals surface area contributed by atoms with Gasteiger partial charge in [-0.3, -0.25) is 9.78 Å². The van der Waals surface area contributed by atoms with Crippen LogP contribution in [0.5, 0.6) is 0 Å². The quantitative estimate of drug-likeness (QED) is 0.621. The van der Waals surface area contributed by atoms with Gasteiger partial charge < -0.3 is 19.1 Å². The Morgan fingerprint density at radius 1 is 1.29 bits per heavy atom. The molecule has 1 fully saturated rings. The van der Waals surface area contributed by atoms with E-state index in [0.717, 1.165) is 5.56 Å². The molecule has 0 spiro atoms. The van der Waals surface area contributed by atoms with Crippen LogP contribution < -0.4 is 0 Å². The summed E-state index contributed by atoms with van der Waals surface area (Å²) >= 11 is 0. The van der Waals surface area contributed by atoms with Crippen molar-refractivity contribution in [3.05, 3.63) is 65.2 Å². The number of aromatic nitrogens is 3. The summed E-state index contributed by atoms with van der Waals surface area (Å²) in [7, 11) is 3.85. The van der Waals surface area contributed by atoms with Crippen LogP contribution in [0.3, 0.4) is 0 Å². The standard InChI is InChI=1S/C22H24FN5O3/c1-14-16(12-27(2)3)21(26-31-14)22(29)28-8-9-30-20(13-28)19-11-24-10-18(25-19)15-6-4-5-7-17(15)23/h4-7,10-11,20H,8-9,12-13H2,1-3H3/t20-/m0/s1. The summed E-state index contributed by atoms with van der Waals surface area (Å²) in [6, 6.07) is 6.40. The van der Waals surface area contributed by atoms with E-state index in [9.17, 15) is 9.18 Å². The van der Waals surface area contributed by atoms with E-state index >= 15 is 0 Å². The first kappa shape index (κ1) is 21.1. The SMILES string of the molecule is Cc1onc(C(=O)N2CCO[C@H](c3cncc(-c4ccccc4F)n3)C2)c1CN(C)C. The Hall–Kier alpha value is -3.17. The van der Waals surface area contributed by atoms with Crippen LogP contribution in [0.25, 0.3) is 11.3 Å². The first-order chi connectivity index (χ1) is 14.9. The summed E-state index contributed by atoms with van der Waals surface area (Å²) in [4.78, 5) is 25.6. The van der Waals surface area contributed by atoms with Gasteiger partial charge in [-0.2, -0.15) is 0 Å². The Morgan fingerprint density at radius 3 is 2.87 bits per heavy atom. The minimum absolute atomic E-state index is 0.208. The second kappa shape index (κ2) is 8.91. The van der Waals surface area contributed by atoms with Crippen molar-refractivity contribution in [1.29, 1.82) is 0 Å². The minimum Gasteiger partial charge on any atom is -0.368 e. The average molecular weight is 425 g/mol. The summed E-state index contributed by atoms with van der Waals surface area (Å²) < 4.78 is 25.3. The molecule has 0 unspecified atom stereocenters. The number of hydrogen-bond donors (Lipinski definition) is 0. The molecule has 9 heteroatoms. The fraction of sp³-hybridized carbons (Fsp3) is 0.364. The number of rotatable bonds is 5. The maximum absolute atomic E-state index is 14.2. The highest BCUT2D eigenvalue weighted by Gasteiger charge is 2.31. The smallest absolute Gasteiger partial charge is 0.276 e. The second-order valence-corrected chi connectivity index (χ2v) is 7.72. The van der Waals surface area contributed by atoms with E-state index in [1.54, 1.807) is 36.2 Å². The molecule has 1 aliphatic heterocycles. The van der Waals surface area contributed by atoms with Gasteiger partial charge in [0.25, 0.3) is 5.91 Å². The van der Waals surface area contributed by atoms with Gasteiger partial charge in [0.2, 0.25) is 0 Å². The number of benzene rings is 1. The van der Waals surface area contributed by atoms with Gasteiger partial charge in [-0.25, -0.2) is 9.37 Å². The van der Waals surface area contributed by atoms with Crippen LogP contribution in [0.4, 0.5) is 4.39 Å². The fourth-order valence-corrected chi connectivity index (χ4v) is 3.56. The number of morpholine rings is 1. The van der Waals surface area contributed by atoms with Crippen molar-refractivity contribution in [3.63, 3.8) is 0 Å². The molecule has 0 radical (unpaired) electrons. The molecule has 8 nitrogen and oxygen atoms in total. The summed E-state index contributed by atoms with van der Waals surface area (Å²) in [5, 5.41) is 4.00. The van der Waals surface area contributed by atoms with Crippen LogP contribution in [-0.2, 0) is 11.3 Å². The van der Waals surface area contributed by atoms with E-state index in [0.29, 0.717) is 54.6 Å². The molecule has 0 aliphatic carbocycles. The molecule has 162 valence electrons. The number of amides is 1. The zero-order chi connectivity index (χ0) is 22.0. The number of carbonyl (C=O) groups excluding carboxylic acids is 1. The number of carbonyl (C=O) groups is 1. The molecule has 1 amide bonds. The van der Waals surface area contributed by atoms with Crippen molar-refractivity contribution < 1.29 is 18.4 Å². The Bertz CT molecular complexity index is 1080. The third-order valence-electron chi connectivity index (χ3n) is 5.15. The molecule has 1 aromatic carbocycles. The average Bonchev–Trinajstić information content (AvgIpc) is 3.13. The van der Waals surface area contributed by atoms with Crippen LogP contribution in [-0.4, -0.2) is 64.6 Å². The predicted molar refractivity (Wildman–Crippen MR) is 111 cm³/mol. The van der Waals surface area contributed by atoms with Gasteiger partial charge in [-0.15, -0.1) is 0 Å². The molecule has 3 aromatic rings. The monoisotopic (exact) mass is 425 g/mol. The molecular weight excluding hydrogens is 401 g/mol. The largest absolute Gasteiger partial charge is 0.368 e. The van der Waals surface area contributed by atoms with Crippen LogP contribution in [0.1, 0.15) is 33.6 Å². The van der Waals surface area contributed by atoms with Gasteiger partial charge in [-0.1, -0.05) is 17.3 Å². The molecular formula is C22H24FN5O3. The molecule has 31 heavy (non-hydrogen) atoms. The van der Waals surface area contributed by atoms with Crippen LogP contribution in [0.2, 0.25) is 0 Å². The number of ether oxygens (including phenoxy) is 1. The number of aryl methyl sites for hydroxylation is 1. The van der Waals surface area contributed by atoms with E-state index in [1.807, 2.05) is 19.0 Å². The highest BCUT2D eigenvalue weighted by Crippen LogP contribution is 2.26. The van der Waals surface area contributed by atoms with Crippen molar-refractivity contribution in [2.45, 2.75) is 19.6 Å². The zero-order valence-electron chi connectivity index (χ0n) is 17.7. The second-order valence-electron chi connectivity index (χ2n) is 7.72. The summed E-state index contributed by atoms with van der Waals surface area (Å²) in [6.07, 6.45) is 2.63. The van der Waals surface area contributed by atoms with Crippen molar-refractivity contribution in [2.24, 2.45) is 0 Å². The Kier molecular flexibility index (Phi) is 6.06. The van der Waals surface area contributed by atoms with Gasteiger partial charge >= 0.3 is 0 Å². The third-order valence-corrected chi connectivity index (χ3v) is 5.15. The highest BCUT2D eigenvalue weighted by atomic mass is 19.1. The van der Waals surface area contributed by atoms with Crippen LogP contribution >= 0.6 is 0 Å². The lowest BCUT2D eigenvalue weighted by molar-refractivity contribution is -0.0251. The van der Waals surface area contributed by atoms with Gasteiger partial charge in [-0.05, 0) is 33.2 Å². The molecule has 1 saturated heterocycles. The van der Waals surface area contributed by atoms with E-state index in [-0.39, 0.29) is 11.7 Å². The lowest BCUT2D eigenvalue weighted by atomic mass is 10.1. The number of hydrogen-bond acceptors (Lipinski definition) is 7. The maximum atomic E-state index is 14.2. The summed E-state index contributed by atoms with van der Waals surface area (Å²) in [5.74, 6) is 0.0515. The number of nitrogens with zero attached hydrogens (tertiary/aromatic N) is 5. The topological polar surface area (TPSA) is 84.6 Å². The minimum atomic E-state index is -0.470. The van der Waals surface area contributed by atoms with Crippen molar-refractivity contribution in [1.82, 2.24) is 24.9 Å². The first-order valence-electron chi connectivity index (χ1n) is 10.0. The van der Waals surface area contributed by atoms with Crippen LogP contribution in [0, 0.1) is 12.7 Å². The lowest BCUT2D eigenvalue weighted by Gasteiger charge is -2.32. The highest BCUT2D eigenvalue weighted by molar-refractivity contribution is 5.94. The van der Waals surface area contributed by atoms with Crippen LogP contribution in [0.15, 0.2) is 41.2 Å². The normalized spacial score (nSPS) is 16.7. The third kappa shape index (κ3) is 4.47. The first-order valence-corrected chi connectivity index (χ1v) is 10.0. The molecule has 1 aliphatic rings. The Morgan fingerprint density at radius 2 is 2.10 bits per heavy atom. The van der Waals surface area contributed by atoms with Crippen molar-refractivity contribution in [2.75, 3.05) is 33.8 Å². The van der Waals surface area contributed by atoms with Gasteiger partial charge in [0.15, 0.2) is 5.69 Å². The van der Waals surface area contributed by atoms with E-state index in [1.165, 1.54) is 12.3 Å². The molecule has 1 atom stereocenters. The fourth-order valence-electron chi connectivity index (χ4n) is 3.56. The van der Waals surface area contributed by atoms with E-state index in [4.69, 9.17) is 9.26 Å².